The Kier molecular flexibility index (Phi) is 12.1. The van der Waals surface area contributed by atoms with Crippen molar-refractivity contribution >= 4 is 23.3 Å². The van der Waals surface area contributed by atoms with Gasteiger partial charge in [-0.05, 0) is 73.3 Å². The highest BCUT2D eigenvalue weighted by Crippen LogP contribution is 2.31. The molecule has 1 atom stereocenters. The van der Waals surface area contributed by atoms with E-state index in [-0.39, 0.29) is 5.97 Å². The molecule has 0 aliphatic heterocycles. The first-order valence-corrected chi connectivity index (χ1v) is 13.3. The lowest BCUT2D eigenvalue weighted by Gasteiger charge is -2.18. The molecule has 6 heteroatoms. The predicted molar refractivity (Wildman–Crippen MR) is 142 cm³/mol. The molecule has 3 rings (SSSR count). The van der Waals surface area contributed by atoms with Crippen LogP contribution in [0.3, 0.4) is 0 Å². The van der Waals surface area contributed by atoms with Crippen LogP contribution in [-0.4, -0.2) is 43.2 Å². The van der Waals surface area contributed by atoms with Gasteiger partial charge in [0, 0.05) is 24.4 Å². The van der Waals surface area contributed by atoms with Crippen molar-refractivity contribution in [3.63, 3.8) is 0 Å². The number of aromatic nitrogens is 1. The minimum atomic E-state index is -0.581. The molecule has 34 heavy (non-hydrogen) atoms. The van der Waals surface area contributed by atoms with Gasteiger partial charge in [-0.1, -0.05) is 38.1 Å². The maximum Gasteiger partial charge on any atom is 0.335 e. The van der Waals surface area contributed by atoms with Crippen molar-refractivity contribution in [1.82, 2.24) is 4.57 Å². The Balaban J connectivity index is 0.00000199. The van der Waals surface area contributed by atoms with Crippen LogP contribution in [-0.2, 0) is 27.2 Å². The Morgan fingerprint density at radius 3 is 2.41 bits per heavy atom. The number of carbonyl (C=O) groups is 1. The first kappa shape index (κ1) is 27.8. The highest BCUT2D eigenvalue weighted by atomic mass is 32.2. The Bertz CT molecular complexity index is 959. The van der Waals surface area contributed by atoms with Crippen LogP contribution in [0.25, 0.3) is 5.57 Å². The van der Waals surface area contributed by atoms with Gasteiger partial charge in [0.25, 0.3) is 0 Å². The molecule has 0 fully saturated rings. The molecule has 5 nitrogen and oxygen atoms in total. The van der Waals surface area contributed by atoms with E-state index in [4.69, 9.17) is 14.2 Å². The summed E-state index contributed by atoms with van der Waals surface area (Å²) >= 11 is 1.83. The van der Waals surface area contributed by atoms with Crippen molar-refractivity contribution in [2.45, 2.75) is 59.6 Å². The van der Waals surface area contributed by atoms with Gasteiger partial charge in [0.05, 0.1) is 13.7 Å². The molecule has 1 aromatic carbocycles. The van der Waals surface area contributed by atoms with Crippen LogP contribution in [0.2, 0.25) is 0 Å². The molecule has 0 N–H and O–H groups in total. The monoisotopic (exact) mass is 485 g/mol. The van der Waals surface area contributed by atoms with Gasteiger partial charge in [0.2, 0.25) is 0 Å². The summed E-state index contributed by atoms with van der Waals surface area (Å²) in [6, 6.07) is 12.2. The van der Waals surface area contributed by atoms with Gasteiger partial charge in [-0.2, -0.15) is 0 Å². The summed E-state index contributed by atoms with van der Waals surface area (Å²) in [7, 11) is 1.38. The third-order valence-corrected chi connectivity index (χ3v) is 6.53. The second-order valence-corrected chi connectivity index (χ2v) is 8.64. The number of allylic oxidation sites excluding steroid dienone is 4. The number of rotatable bonds is 11. The Morgan fingerprint density at radius 1 is 1.09 bits per heavy atom. The summed E-state index contributed by atoms with van der Waals surface area (Å²) in [5, 5.41) is 0. The smallest absolute Gasteiger partial charge is 0.335 e. The Labute approximate surface area is 209 Å². The van der Waals surface area contributed by atoms with E-state index < -0.39 is 6.10 Å². The lowest BCUT2D eigenvalue weighted by molar-refractivity contribution is -0.153. The van der Waals surface area contributed by atoms with E-state index in [0.29, 0.717) is 19.6 Å². The molecular weight excluding hydrogens is 446 g/mol. The summed E-state index contributed by atoms with van der Waals surface area (Å²) in [6.45, 7) is 9.86. The fourth-order valence-electron chi connectivity index (χ4n) is 3.88. The number of hydrogen-bond acceptors (Lipinski definition) is 5. The van der Waals surface area contributed by atoms with Gasteiger partial charge in [-0.3, -0.25) is 0 Å². The molecule has 1 aliphatic rings. The van der Waals surface area contributed by atoms with Crippen molar-refractivity contribution in [1.29, 1.82) is 0 Å². The second-order valence-electron chi connectivity index (χ2n) is 7.70. The summed E-state index contributed by atoms with van der Waals surface area (Å²) in [5.41, 5.74) is 4.91. The first-order valence-electron chi connectivity index (χ1n) is 12.1. The van der Waals surface area contributed by atoms with Crippen LogP contribution >= 0.6 is 11.8 Å². The summed E-state index contributed by atoms with van der Waals surface area (Å²) in [6.07, 6.45) is 8.72. The average molecular weight is 486 g/mol. The molecule has 1 unspecified atom stereocenters. The zero-order valence-electron chi connectivity index (χ0n) is 21.4. The van der Waals surface area contributed by atoms with Gasteiger partial charge in [-0.15, -0.1) is 11.8 Å². The fraction of sp³-hybridized carbons (Fsp3) is 0.464. The number of esters is 1. The average Bonchev–Trinajstić information content (AvgIpc) is 3.25. The van der Waals surface area contributed by atoms with Gasteiger partial charge < -0.3 is 18.8 Å². The Hall–Kier alpha value is -2.44. The minimum absolute atomic E-state index is 0.349. The maximum atomic E-state index is 11.8. The number of thioether (sulfide) groups is 1. The molecule has 186 valence electrons. The third-order valence-electron chi connectivity index (χ3n) is 5.66. The van der Waals surface area contributed by atoms with Crippen LogP contribution < -0.4 is 4.74 Å². The largest absolute Gasteiger partial charge is 0.492 e. The van der Waals surface area contributed by atoms with Crippen LogP contribution in [0, 0.1) is 6.92 Å². The van der Waals surface area contributed by atoms with E-state index in [1.165, 1.54) is 29.0 Å². The number of ether oxygens (including phenoxy) is 3. The number of carbonyl (C=O) groups excluding carboxylic acids is 1. The molecule has 1 aliphatic carbocycles. The highest BCUT2D eigenvalue weighted by Gasteiger charge is 2.19. The molecular formula is C28H39NO4S. The first-order chi connectivity index (χ1) is 16.5. The van der Waals surface area contributed by atoms with Crippen molar-refractivity contribution < 1.29 is 19.0 Å². The highest BCUT2D eigenvalue weighted by molar-refractivity contribution is 8.02. The number of nitrogens with zero attached hydrogens (tertiary/aromatic N) is 1. The van der Waals surface area contributed by atoms with Gasteiger partial charge in [0.1, 0.15) is 12.4 Å². The molecule has 0 bridgehead atoms. The van der Waals surface area contributed by atoms with Crippen molar-refractivity contribution in [2.75, 3.05) is 26.6 Å². The van der Waals surface area contributed by atoms with Gasteiger partial charge in [0.15, 0.2) is 6.10 Å². The normalized spacial score (nSPS) is 13.8. The van der Waals surface area contributed by atoms with E-state index in [1.54, 1.807) is 0 Å². The van der Waals surface area contributed by atoms with E-state index in [9.17, 15) is 4.79 Å². The quantitative estimate of drug-likeness (QED) is 0.343. The van der Waals surface area contributed by atoms with Gasteiger partial charge >= 0.3 is 5.97 Å². The molecule has 0 amide bonds. The zero-order chi connectivity index (χ0) is 24.9. The zero-order valence-corrected chi connectivity index (χ0v) is 22.2. The van der Waals surface area contributed by atoms with Crippen LogP contribution in [0.1, 0.15) is 50.6 Å². The van der Waals surface area contributed by atoms with E-state index >= 15 is 0 Å². The molecule has 0 spiro atoms. The summed E-state index contributed by atoms with van der Waals surface area (Å²) in [5.74, 6) is 0.467. The number of methoxy groups -OCH3 is 1. The van der Waals surface area contributed by atoms with Gasteiger partial charge in [-0.25, -0.2) is 4.79 Å². The number of aryl methyl sites for hydroxylation is 1. The van der Waals surface area contributed by atoms with Crippen molar-refractivity contribution in [3.05, 3.63) is 70.4 Å². The SMILES string of the molecule is CC.CCOC(Cc1ccc(OCCn2c(C)ccc2C2=CC=C(SC)CC2)cc1)C(=O)OC. The Morgan fingerprint density at radius 2 is 1.82 bits per heavy atom. The van der Waals surface area contributed by atoms with Crippen LogP contribution in [0.4, 0.5) is 0 Å². The third kappa shape index (κ3) is 7.81. The molecule has 0 saturated heterocycles. The van der Waals surface area contributed by atoms with E-state index in [1.807, 2.05) is 56.8 Å². The summed E-state index contributed by atoms with van der Waals surface area (Å²) < 4.78 is 18.7. The van der Waals surface area contributed by atoms with Crippen LogP contribution in [0.15, 0.2) is 53.5 Å². The standard InChI is InChI=1S/C26H33NO4S.C2H6/c1-5-30-25(26(28)29-3)18-20-7-11-22(12-8-20)31-17-16-27-19(2)6-15-24(27)21-9-13-23(32-4)14-10-21;1-2/h6-9,11-13,15,25H,5,10,14,16-18H2,1-4H3;1-2H3. The molecule has 1 aromatic heterocycles. The van der Waals surface area contributed by atoms with E-state index in [2.05, 4.69) is 42.0 Å². The molecule has 1 heterocycles. The fourth-order valence-corrected chi connectivity index (χ4v) is 4.39. The molecule has 2 aromatic rings. The molecule has 0 saturated carbocycles. The topological polar surface area (TPSA) is 49.7 Å². The lowest BCUT2D eigenvalue weighted by Crippen LogP contribution is -2.28. The number of hydrogen-bond donors (Lipinski definition) is 0. The second kappa shape index (κ2) is 14.7. The minimum Gasteiger partial charge on any atom is -0.492 e. The number of benzene rings is 1. The van der Waals surface area contributed by atoms with Crippen LogP contribution in [0.5, 0.6) is 5.75 Å². The van der Waals surface area contributed by atoms with E-state index in [0.717, 1.165) is 30.7 Å². The lowest BCUT2D eigenvalue weighted by atomic mass is 10.0. The summed E-state index contributed by atoms with van der Waals surface area (Å²) in [4.78, 5) is 13.3. The van der Waals surface area contributed by atoms with Crippen molar-refractivity contribution in [3.8, 4) is 5.75 Å². The van der Waals surface area contributed by atoms with Crippen molar-refractivity contribution in [2.24, 2.45) is 0 Å². The molecule has 0 radical (unpaired) electrons. The maximum absolute atomic E-state index is 11.8. The predicted octanol–water partition coefficient (Wildman–Crippen LogP) is 6.45.